The van der Waals surface area contributed by atoms with Crippen LogP contribution in [-0.4, -0.2) is 20.6 Å². The van der Waals surface area contributed by atoms with Crippen LogP contribution in [0.1, 0.15) is 18.7 Å². The Morgan fingerprint density at radius 1 is 1.41 bits per heavy atom. The van der Waals surface area contributed by atoms with Gasteiger partial charge < -0.3 is 9.67 Å². The lowest BCUT2D eigenvalue weighted by atomic mass is 10.2. The molecule has 0 amide bonds. The smallest absolute Gasteiger partial charge is 0.303 e. The molecule has 0 spiro atoms. The third-order valence-electron chi connectivity index (χ3n) is 2.67. The number of benzene rings is 1. The van der Waals surface area contributed by atoms with Gasteiger partial charge >= 0.3 is 5.97 Å². The molecule has 0 unspecified atom stereocenters. The second-order valence-electron chi connectivity index (χ2n) is 3.82. The van der Waals surface area contributed by atoms with Crippen LogP contribution in [0.3, 0.4) is 0 Å². The Morgan fingerprint density at radius 3 is 2.76 bits per heavy atom. The predicted molar refractivity (Wildman–Crippen MR) is 68.5 cm³/mol. The van der Waals surface area contributed by atoms with Crippen LogP contribution >= 0.6 is 12.4 Å². The molecule has 1 aromatic heterocycles. The fourth-order valence-corrected chi connectivity index (χ4v) is 1.82. The fourth-order valence-electron chi connectivity index (χ4n) is 1.82. The lowest BCUT2D eigenvalue weighted by molar-refractivity contribution is -0.137. The highest BCUT2D eigenvalue weighted by Gasteiger charge is 2.07. The van der Waals surface area contributed by atoms with Crippen molar-refractivity contribution in [3.05, 3.63) is 30.1 Å². The Labute approximate surface area is 106 Å². The van der Waals surface area contributed by atoms with Gasteiger partial charge in [-0.2, -0.15) is 0 Å². The molecule has 92 valence electrons. The third kappa shape index (κ3) is 2.97. The van der Waals surface area contributed by atoms with Crippen molar-refractivity contribution in [3.63, 3.8) is 0 Å². The van der Waals surface area contributed by atoms with Crippen molar-refractivity contribution in [2.75, 3.05) is 0 Å². The molecule has 2 rings (SSSR count). The second kappa shape index (κ2) is 5.68. The highest BCUT2D eigenvalue weighted by Crippen LogP contribution is 2.15. The maximum Gasteiger partial charge on any atom is 0.303 e. The van der Waals surface area contributed by atoms with Gasteiger partial charge in [0.1, 0.15) is 5.82 Å². The first-order valence-corrected chi connectivity index (χ1v) is 5.30. The summed E-state index contributed by atoms with van der Waals surface area (Å²) >= 11 is 0. The monoisotopic (exact) mass is 254 g/mol. The van der Waals surface area contributed by atoms with Crippen molar-refractivity contribution < 1.29 is 9.90 Å². The molecule has 0 bridgehead atoms. The van der Waals surface area contributed by atoms with Crippen LogP contribution in [-0.2, 0) is 18.3 Å². The first kappa shape index (κ1) is 13.5. The summed E-state index contributed by atoms with van der Waals surface area (Å²) in [7, 11) is 1.96. The molecule has 0 atom stereocenters. The Morgan fingerprint density at radius 2 is 2.12 bits per heavy atom. The third-order valence-corrected chi connectivity index (χ3v) is 2.67. The van der Waals surface area contributed by atoms with Gasteiger partial charge in [0.05, 0.1) is 11.0 Å². The predicted octanol–water partition coefficient (Wildman–Crippen LogP) is 2.40. The maximum atomic E-state index is 10.4. The highest BCUT2D eigenvalue weighted by molar-refractivity contribution is 5.85. The number of aromatic nitrogens is 2. The quantitative estimate of drug-likeness (QED) is 0.912. The van der Waals surface area contributed by atoms with E-state index in [1.807, 2.05) is 35.9 Å². The number of carboxylic acid groups (broad SMARTS) is 1. The van der Waals surface area contributed by atoms with Crippen LogP contribution in [0.5, 0.6) is 0 Å². The molecule has 0 saturated carbocycles. The molecule has 1 N–H and O–H groups in total. The van der Waals surface area contributed by atoms with Crippen molar-refractivity contribution in [2.45, 2.75) is 19.3 Å². The van der Waals surface area contributed by atoms with Gasteiger partial charge in [0, 0.05) is 19.9 Å². The first-order chi connectivity index (χ1) is 7.68. The van der Waals surface area contributed by atoms with Crippen LogP contribution in [0, 0.1) is 0 Å². The van der Waals surface area contributed by atoms with E-state index in [1.165, 1.54) is 0 Å². The van der Waals surface area contributed by atoms with E-state index in [0.717, 1.165) is 16.9 Å². The average Bonchev–Trinajstić information content (AvgIpc) is 2.56. The SMILES string of the molecule is Cl.Cn1c(CCCC(=O)O)nc2ccccc21. The van der Waals surface area contributed by atoms with Crippen molar-refractivity contribution in [3.8, 4) is 0 Å². The summed E-state index contributed by atoms with van der Waals surface area (Å²) in [4.78, 5) is 14.9. The Hall–Kier alpha value is -1.55. The molecule has 17 heavy (non-hydrogen) atoms. The fraction of sp³-hybridized carbons (Fsp3) is 0.333. The zero-order valence-corrected chi connectivity index (χ0v) is 10.4. The zero-order valence-electron chi connectivity index (χ0n) is 9.59. The summed E-state index contributed by atoms with van der Waals surface area (Å²) in [6.45, 7) is 0. The van der Waals surface area contributed by atoms with E-state index in [-0.39, 0.29) is 18.8 Å². The lowest BCUT2D eigenvalue weighted by Gasteiger charge is -2.00. The van der Waals surface area contributed by atoms with E-state index in [1.54, 1.807) is 0 Å². The lowest BCUT2D eigenvalue weighted by Crippen LogP contribution is -2.01. The average molecular weight is 255 g/mol. The number of hydrogen-bond donors (Lipinski definition) is 1. The molecule has 1 heterocycles. The number of halogens is 1. The highest BCUT2D eigenvalue weighted by atomic mass is 35.5. The summed E-state index contributed by atoms with van der Waals surface area (Å²) in [6, 6.07) is 7.92. The molecule has 0 aliphatic carbocycles. The number of aryl methyl sites for hydroxylation is 2. The number of hydrogen-bond acceptors (Lipinski definition) is 2. The van der Waals surface area contributed by atoms with E-state index >= 15 is 0 Å². The molecule has 1 aromatic carbocycles. The van der Waals surface area contributed by atoms with Crippen molar-refractivity contribution in [2.24, 2.45) is 7.05 Å². The number of carbonyl (C=O) groups is 1. The van der Waals surface area contributed by atoms with Gasteiger partial charge in [-0.3, -0.25) is 4.79 Å². The second-order valence-corrected chi connectivity index (χ2v) is 3.82. The Balaban J connectivity index is 0.00000144. The molecule has 5 heteroatoms. The maximum absolute atomic E-state index is 10.4. The standard InChI is InChI=1S/C12H14N2O2.ClH/c1-14-10-6-3-2-5-9(10)13-11(14)7-4-8-12(15)16;/h2-3,5-6H,4,7-8H2,1H3,(H,15,16);1H. The van der Waals surface area contributed by atoms with Crippen LogP contribution in [0.4, 0.5) is 0 Å². The largest absolute Gasteiger partial charge is 0.481 e. The van der Waals surface area contributed by atoms with E-state index in [4.69, 9.17) is 5.11 Å². The van der Waals surface area contributed by atoms with Gasteiger partial charge in [-0.15, -0.1) is 12.4 Å². The van der Waals surface area contributed by atoms with Gasteiger partial charge in [0.2, 0.25) is 0 Å². The number of aliphatic carboxylic acids is 1. The van der Waals surface area contributed by atoms with E-state index < -0.39 is 5.97 Å². The Kier molecular flexibility index (Phi) is 4.52. The zero-order chi connectivity index (χ0) is 11.5. The number of rotatable bonds is 4. The molecular formula is C12H15ClN2O2. The summed E-state index contributed by atoms with van der Waals surface area (Å²) in [5.41, 5.74) is 2.06. The minimum atomic E-state index is -0.751. The van der Waals surface area contributed by atoms with Gasteiger partial charge in [0.25, 0.3) is 0 Å². The number of fused-ring (bicyclic) bond motifs is 1. The van der Waals surface area contributed by atoms with Crippen molar-refractivity contribution >= 4 is 29.4 Å². The number of nitrogens with zero attached hydrogens (tertiary/aromatic N) is 2. The van der Waals surface area contributed by atoms with Gasteiger partial charge in [-0.25, -0.2) is 4.98 Å². The van der Waals surface area contributed by atoms with Gasteiger partial charge in [-0.05, 0) is 18.6 Å². The topological polar surface area (TPSA) is 55.1 Å². The normalized spacial score (nSPS) is 10.2. The molecule has 0 radical (unpaired) electrons. The molecule has 2 aromatic rings. The minimum absolute atomic E-state index is 0. The molecule has 4 nitrogen and oxygen atoms in total. The van der Waals surface area contributed by atoms with E-state index in [0.29, 0.717) is 12.8 Å². The van der Waals surface area contributed by atoms with Crippen LogP contribution in [0.15, 0.2) is 24.3 Å². The van der Waals surface area contributed by atoms with Gasteiger partial charge in [0.15, 0.2) is 0 Å². The summed E-state index contributed by atoms with van der Waals surface area (Å²) in [5.74, 6) is 0.196. The summed E-state index contributed by atoms with van der Waals surface area (Å²) in [6.07, 6.45) is 1.53. The minimum Gasteiger partial charge on any atom is -0.481 e. The first-order valence-electron chi connectivity index (χ1n) is 5.30. The molecule has 0 saturated heterocycles. The van der Waals surface area contributed by atoms with Gasteiger partial charge in [-0.1, -0.05) is 12.1 Å². The molecular weight excluding hydrogens is 240 g/mol. The number of para-hydroxylation sites is 2. The van der Waals surface area contributed by atoms with Crippen LogP contribution in [0.2, 0.25) is 0 Å². The van der Waals surface area contributed by atoms with Crippen LogP contribution < -0.4 is 0 Å². The Bertz CT molecular complexity index is 522. The molecule has 0 aliphatic rings. The molecule has 0 fully saturated rings. The summed E-state index contributed by atoms with van der Waals surface area (Å²) < 4.78 is 2.02. The van der Waals surface area contributed by atoms with E-state index in [9.17, 15) is 4.79 Å². The van der Waals surface area contributed by atoms with Crippen molar-refractivity contribution in [1.29, 1.82) is 0 Å². The van der Waals surface area contributed by atoms with Crippen molar-refractivity contribution in [1.82, 2.24) is 9.55 Å². The number of carboxylic acids is 1. The summed E-state index contributed by atoms with van der Waals surface area (Å²) in [5, 5.41) is 8.57. The number of imidazole rings is 1. The van der Waals surface area contributed by atoms with E-state index in [2.05, 4.69) is 4.98 Å². The van der Waals surface area contributed by atoms with Crippen LogP contribution in [0.25, 0.3) is 11.0 Å². The molecule has 0 aliphatic heterocycles.